The quantitative estimate of drug-likeness (QED) is 0.797. The maximum absolute atomic E-state index is 12.4. The molecule has 0 saturated carbocycles. The zero-order chi connectivity index (χ0) is 12.2. The number of hydrogen-bond donors (Lipinski definition) is 1. The van der Waals surface area contributed by atoms with Crippen LogP contribution in [0.1, 0.15) is 19.4 Å². The fourth-order valence-electron chi connectivity index (χ4n) is 1.38. The molecule has 0 aliphatic rings. The van der Waals surface area contributed by atoms with Gasteiger partial charge in [-0.05, 0) is 19.4 Å². The molecule has 0 atom stereocenters. The zero-order valence-corrected chi connectivity index (χ0v) is 9.27. The van der Waals surface area contributed by atoms with Crippen molar-refractivity contribution in [2.75, 3.05) is 6.67 Å². The predicted octanol–water partition coefficient (Wildman–Crippen LogP) is 2.42. The van der Waals surface area contributed by atoms with Gasteiger partial charge in [-0.2, -0.15) is 0 Å². The minimum atomic E-state index is -1.31. The van der Waals surface area contributed by atoms with Gasteiger partial charge in [0.05, 0.1) is 5.54 Å². The molecule has 0 saturated heterocycles. The highest BCUT2D eigenvalue weighted by molar-refractivity contribution is 6.36. The van der Waals surface area contributed by atoms with Crippen LogP contribution in [0, 0.1) is 0 Å². The molecule has 0 fully saturated rings. The molecule has 1 N–H and O–H groups in total. The summed E-state index contributed by atoms with van der Waals surface area (Å²) in [6.45, 7) is 2.44. The molecule has 0 aromatic heterocycles. The van der Waals surface area contributed by atoms with Gasteiger partial charge in [0, 0.05) is 0 Å². The number of alkyl halides is 1. The van der Waals surface area contributed by atoms with E-state index in [9.17, 15) is 9.18 Å². The number of hydrogen-bond acceptors (Lipinski definition) is 2. The lowest BCUT2D eigenvalue weighted by Crippen LogP contribution is -2.23. The van der Waals surface area contributed by atoms with Gasteiger partial charge < -0.3 is 5.11 Å². The van der Waals surface area contributed by atoms with Crippen molar-refractivity contribution in [3.05, 3.63) is 35.9 Å². The van der Waals surface area contributed by atoms with Gasteiger partial charge in [-0.15, -0.1) is 0 Å². The van der Waals surface area contributed by atoms with Gasteiger partial charge in [0.2, 0.25) is 0 Å². The van der Waals surface area contributed by atoms with Crippen molar-refractivity contribution in [3.8, 4) is 0 Å². The van der Waals surface area contributed by atoms with E-state index < -0.39 is 23.9 Å². The Bertz CT molecular complexity index is 399. The van der Waals surface area contributed by atoms with Crippen LogP contribution in [0.4, 0.5) is 4.39 Å². The molecule has 1 aromatic rings. The Balaban J connectivity index is 3.07. The van der Waals surface area contributed by atoms with Gasteiger partial charge >= 0.3 is 5.97 Å². The highest BCUT2D eigenvalue weighted by atomic mass is 19.1. The highest BCUT2D eigenvalue weighted by Crippen LogP contribution is 2.24. The first kappa shape index (κ1) is 12.4. The van der Waals surface area contributed by atoms with Crippen LogP contribution in [-0.4, -0.2) is 23.5 Å². The first-order valence-corrected chi connectivity index (χ1v) is 4.91. The fraction of sp³-hybridized carbons (Fsp3) is 0.333. The third-order valence-corrected chi connectivity index (χ3v) is 2.27. The SMILES string of the molecule is CC(C)(N=C(CF)C(=O)O)c1ccccc1. The monoisotopic (exact) mass is 223 g/mol. The Morgan fingerprint density at radius 1 is 1.38 bits per heavy atom. The topological polar surface area (TPSA) is 49.7 Å². The number of carboxylic acid groups (broad SMARTS) is 1. The minimum Gasteiger partial charge on any atom is -0.477 e. The summed E-state index contributed by atoms with van der Waals surface area (Å²) in [5.74, 6) is -1.31. The molecular formula is C12H14FNO2. The second kappa shape index (κ2) is 4.88. The molecule has 4 heteroatoms. The number of carbonyl (C=O) groups is 1. The lowest BCUT2D eigenvalue weighted by Gasteiger charge is -2.20. The van der Waals surface area contributed by atoms with Gasteiger partial charge in [0.15, 0.2) is 5.71 Å². The Hall–Kier alpha value is -1.71. The molecule has 0 bridgehead atoms. The highest BCUT2D eigenvalue weighted by Gasteiger charge is 2.22. The van der Waals surface area contributed by atoms with Crippen molar-refractivity contribution >= 4 is 11.7 Å². The van der Waals surface area contributed by atoms with Crippen molar-refractivity contribution in [3.63, 3.8) is 0 Å². The average molecular weight is 223 g/mol. The third kappa shape index (κ3) is 2.89. The Labute approximate surface area is 93.6 Å². The number of carboxylic acids is 1. The number of benzene rings is 1. The van der Waals surface area contributed by atoms with Crippen LogP contribution in [0.5, 0.6) is 0 Å². The lowest BCUT2D eigenvalue weighted by molar-refractivity contribution is -0.129. The van der Waals surface area contributed by atoms with Gasteiger partial charge in [-0.25, -0.2) is 9.18 Å². The summed E-state index contributed by atoms with van der Waals surface area (Å²) in [6.07, 6.45) is 0. The van der Waals surface area contributed by atoms with Crippen LogP contribution in [0.15, 0.2) is 35.3 Å². The predicted molar refractivity (Wildman–Crippen MR) is 60.5 cm³/mol. The number of nitrogens with zero attached hydrogens (tertiary/aromatic N) is 1. The first-order chi connectivity index (χ1) is 7.47. The smallest absolute Gasteiger partial charge is 0.352 e. The van der Waals surface area contributed by atoms with Crippen molar-refractivity contribution in [2.45, 2.75) is 19.4 Å². The summed E-state index contributed by atoms with van der Waals surface area (Å²) >= 11 is 0. The van der Waals surface area contributed by atoms with Crippen molar-refractivity contribution in [1.29, 1.82) is 0 Å². The molecule has 0 spiro atoms. The van der Waals surface area contributed by atoms with E-state index in [1.165, 1.54) is 0 Å². The van der Waals surface area contributed by atoms with Crippen LogP contribution >= 0.6 is 0 Å². The van der Waals surface area contributed by atoms with E-state index in [-0.39, 0.29) is 0 Å². The summed E-state index contributed by atoms with van der Waals surface area (Å²) in [5, 5.41) is 8.71. The Kier molecular flexibility index (Phi) is 3.77. The van der Waals surface area contributed by atoms with E-state index in [2.05, 4.69) is 4.99 Å². The maximum Gasteiger partial charge on any atom is 0.352 e. The van der Waals surface area contributed by atoms with Gasteiger partial charge in [0.1, 0.15) is 6.67 Å². The summed E-state index contributed by atoms with van der Waals surface area (Å²) < 4.78 is 12.4. The summed E-state index contributed by atoms with van der Waals surface area (Å²) in [7, 11) is 0. The van der Waals surface area contributed by atoms with Crippen LogP contribution < -0.4 is 0 Å². The van der Waals surface area contributed by atoms with E-state index in [1.807, 2.05) is 30.3 Å². The molecule has 0 amide bonds. The molecule has 0 radical (unpaired) electrons. The van der Waals surface area contributed by atoms with Crippen molar-refractivity contribution in [1.82, 2.24) is 0 Å². The molecule has 0 unspecified atom stereocenters. The number of aliphatic imine (C=N–C) groups is 1. The largest absolute Gasteiger partial charge is 0.477 e. The number of halogens is 1. The standard InChI is InChI=1S/C12H14FNO2/c1-12(2,9-6-4-3-5-7-9)14-10(8-13)11(15)16/h3-7H,8H2,1-2H3,(H,15,16). The Morgan fingerprint density at radius 2 is 1.94 bits per heavy atom. The molecule has 0 heterocycles. The van der Waals surface area contributed by atoms with E-state index in [1.54, 1.807) is 13.8 Å². The van der Waals surface area contributed by atoms with E-state index in [4.69, 9.17) is 5.11 Å². The molecule has 16 heavy (non-hydrogen) atoms. The Morgan fingerprint density at radius 3 is 2.38 bits per heavy atom. The zero-order valence-electron chi connectivity index (χ0n) is 9.27. The van der Waals surface area contributed by atoms with E-state index in [0.29, 0.717) is 0 Å². The van der Waals surface area contributed by atoms with E-state index >= 15 is 0 Å². The van der Waals surface area contributed by atoms with Gasteiger partial charge in [-0.3, -0.25) is 4.99 Å². The summed E-state index contributed by atoms with van der Waals surface area (Å²) in [4.78, 5) is 14.6. The molecule has 0 aliphatic heterocycles. The van der Waals surface area contributed by atoms with Crippen LogP contribution in [-0.2, 0) is 10.3 Å². The molecule has 0 aliphatic carbocycles. The van der Waals surface area contributed by atoms with Crippen molar-refractivity contribution in [2.24, 2.45) is 4.99 Å². The average Bonchev–Trinajstić information content (AvgIpc) is 2.27. The summed E-state index contributed by atoms with van der Waals surface area (Å²) in [6, 6.07) is 9.20. The molecular weight excluding hydrogens is 209 g/mol. The maximum atomic E-state index is 12.4. The first-order valence-electron chi connectivity index (χ1n) is 4.91. The van der Waals surface area contributed by atoms with Crippen LogP contribution in [0.25, 0.3) is 0 Å². The van der Waals surface area contributed by atoms with Gasteiger partial charge in [-0.1, -0.05) is 30.3 Å². The normalized spacial score (nSPS) is 12.6. The lowest BCUT2D eigenvalue weighted by atomic mass is 9.95. The van der Waals surface area contributed by atoms with Crippen LogP contribution in [0.3, 0.4) is 0 Å². The molecule has 86 valence electrons. The second-order valence-corrected chi connectivity index (χ2v) is 3.92. The van der Waals surface area contributed by atoms with Gasteiger partial charge in [0.25, 0.3) is 0 Å². The molecule has 1 aromatic carbocycles. The second-order valence-electron chi connectivity index (χ2n) is 3.92. The third-order valence-electron chi connectivity index (χ3n) is 2.27. The summed E-state index contributed by atoms with van der Waals surface area (Å²) in [5.41, 5.74) is -0.336. The van der Waals surface area contributed by atoms with Crippen molar-refractivity contribution < 1.29 is 14.3 Å². The number of rotatable bonds is 4. The molecule has 1 rings (SSSR count). The minimum absolute atomic E-state index is 0.450. The van der Waals surface area contributed by atoms with Crippen LogP contribution in [0.2, 0.25) is 0 Å². The molecule has 3 nitrogen and oxygen atoms in total. The van der Waals surface area contributed by atoms with E-state index in [0.717, 1.165) is 5.56 Å². The fourth-order valence-corrected chi connectivity index (χ4v) is 1.38. The number of aliphatic carboxylic acids is 1.